The highest BCUT2D eigenvalue weighted by Gasteiger charge is 2.35. The van der Waals surface area contributed by atoms with E-state index in [0.717, 1.165) is 0 Å². The zero-order chi connectivity index (χ0) is 14.8. The Hall–Kier alpha value is -1.11. The molecule has 0 amide bonds. The number of benzene rings is 1. The lowest BCUT2D eigenvalue weighted by Crippen LogP contribution is -2.43. The first kappa shape index (κ1) is 15.9. The van der Waals surface area contributed by atoms with E-state index in [1.807, 2.05) is 0 Å². The molecule has 0 aliphatic heterocycles. The average Bonchev–Trinajstić information content (AvgIpc) is 2.25. The Labute approximate surface area is 117 Å². The van der Waals surface area contributed by atoms with Gasteiger partial charge in [0.2, 0.25) is 10.0 Å². The van der Waals surface area contributed by atoms with Crippen LogP contribution in [0.15, 0.2) is 24.3 Å². The van der Waals surface area contributed by atoms with Crippen molar-refractivity contribution in [3.63, 3.8) is 0 Å². The van der Waals surface area contributed by atoms with Crippen molar-refractivity contribution in [2.45, 2.75) is 31.6 Å². The van der Waals surface area contributed by atoms with Crippen molar-refractivity contribution in [2.24, 2.45) is 0 Å². The summed E-state index contributed by atoms with van der Waals surface area (Å²) in [7, 11) is -3.80. The minimum atomic E-state index is -3.80. The predicted molar refractivity (Wildman–Crippen MR) is 73.6 cm³/mol. The highest BCUT2D eigenvalue weighted by molar-refractivity contribution is 7.90. The number of carbonyl (C=O) groups is 1. The molecule has 0 aliphatic carbocycles. The molecule has 0 radical (unpaired) electrons. The summed E-state index contributed by atoms with van der Waals surface area (Å²) in [5, 5.41) is 9.40. The second-order valence-electron chi connectivity index (χ2n) is 5.03. The Kier molecular flexibility index (Phi) is 4.60. The molecule has 2 N–H and O–H groups in total. The number of hydrogen-bond acceptors (Lipinski definition) is 3. The fraction of sp³-hybridized carbons (Fsp3) is 0.417. The molecule has 1 aromatic carbocycles. The van der Waals surface area contributed by atoms with Gasteiger partial charge in [-0.25, -0.2) is 8.42 Å². The van der Waals surface area contributed by atoms with E-state index in [-0.39, 0.29) is 10.6 Å². The summed E-state index contributed by atoms with van der Waals surface area (Å²) < 4.78 is 25.1. The normalized spacial score (nSPS) is 14.1. The molecule has 5 nitrogen and oxygen atoms in total. The predicted octanol–water partition coefficient (Wildman–Crippen LogP) is 2.18. The number of sulfonamides is 1. The Balaban J connectivity index is 3.20. The van der Waals surface area contributed by atoms with Gasteiger partial charge in [-0.3, -0.25) is 4.79 Å². The fourth-order valence-electron chi connectivity index (χ4n) is 1.29. The van der Waals surface area contributed by atoms with Gasteiger partial charge in [-0.05, 0) is 32.4 Å². The van der Waals surface area contributed by atoms with Gasteiger partial charge in [-0.1, -0.05) is 29.8 Å². The number of halogens is 1. The van der Waals surface area contributed by atoms with Gasteiger partial charge in [0, 0.05) is 5.02 Å². The van der Waals surface area contributed by atoms with Crippen LogP contribution in [0.4, 0.5) is 0 Å². The monoisotopic (exact) mass is 305 g/mol. The van der Waals surface area contributed by atoms with Crippen LogP contribution in [0, 0.1) is 0 Å². The van der Waals surface area contributed by atoms with Crippen molar-refractivity contribution in [3.05, 3.63) is 34.9 Å². The Morgan fingerprint density at radius 3 is 2.26 bits per heavy atom. The molecular formula is C12H16ClNO4S. The largest absolute Gasteiger partial charge is 0.480 e. The van der Waals surface area contributed by atoms with Crippen LogP contribution in [0.25, 0.3) is 0 Å². The molecule has 0 unspecified atom stereocenters. The minimum absolute atomic E-state index is 0.200. The molecule has 0 aromatic heterocycles. The third-order valence-corrected chi connectivity index (χ3v) is 5.04. The first-order valence-electron chi connectivity index (χ1n) is 5.55. The third-order valence-electron chi connectivity index (χ3n) is 2.54. The van der Waals surface area contributed by atoms with E-state index in [1.54, 1.807) is 12.1 Å². The average molecular weight is 306 g/mol. The van der Waals surface area contributed by atoms with Crippen LogP contribution < -0.4 is 4.72 Å². The first-order valence-corrected chi connectivity index (χ1v) is 7.41. The van der Waals surface area contributed by atoms with Crippen molar-refractivity contribution in [1.29, 1.82) is 0 Å². The van der Waals surface area contributed by atoms with Crippen LogP contribution >= 0.6 is 11.6 Å². The molecule has 1 rings (SSSR count). The van der Waals surface area contributed by atoms with Gasteiger partial charge in [-0.2, -0.15) is 4.72 Å². The zero-order valence-corrected chi connectivity index (χ0v) is 12.4. The van der Waals surface area contributed by atoms with Gasteiger partial charge in [-0.15, -0.1) is 0 Å². The molecule has 0 aliphatic rings. The van der Waals surface area contributed by atoms with E-state index in [2.05, 4.69) is 4.72 Å². The quantitative estimate of drug-likeness (QED) is 0.893. The number of aliphatic carboxylic acids is 1. The minimum Gasteiger partial charge on any atom is -0.480 e. The van der Waals surface area contributed by atoms with Crippen LogP contribution in [-0.2, 0) is 14.8 Å². The summed E-state index contributed by atoms with van der Waals surface area (Å²) in [6, 6.07) is 4.83. The van der Waals surface area contributed by atoms with Crippen molar-refractivity contribution >= 4 is 27.6 Å². The SMILES string of the molecule is CC(C)(C)S(=O)(=O)N[C@@H](C(=O)O)c1ccccc1Cl. The number of carboxylic acids is 1. The molecule has 19 heavy (non-hydrogen) atoms. The number of hydrogen-bond donors (Lipinski definition) is 2. The standard InChI is InChI=1S/C12H16ClNO4S/c1-12(2,3)19(17,18)14-10(11(15)16)8-6-4-5-7-9(8)13/h4-7,10,14H,1-3H3,(H,15,16)/t10-/m1/s1. The highest BCUT2D eigenvalue weighted by atomic mass is 35.5. The van der Waals surface area contributed by atoms with E-state index < -0.39 is 26.8 Å². The van der Waals surface area contributed by atoms with Crippen LogP contribution in [0.2, 0.25) is 5.02 Å². The van der Waals surface area contributed by atoms with Gasteiger partial charge in [0.1, 0.15) is 6.04 Å². The zero-order valence-electron chi connectivity index (χ0n) is 10.8. The molecule has 1 aromatic rings. The van der Waals surface area contributed by atoms with Gasteiger partial charge < -0.3 is 5.11 Å². The summed E-state index contributed by atoms with van der Waals surface area (Å²) in [4.78, 5) is 11.3. The highest BCUT2D eigenvalue weighted by Crippen LogP contribution is 2.25. The molecule has 0 heterocycles. The Morgan fingerprint density at radius 2 is 1.84 bits per heavy atom. The van der Waals surface area contributed by atoms with Gasteiger partial charge in [0.05, 0.1) is 4.75 Å². The summed E-state index contributed by atoms with van der Waals surface area (Å²) in [6.45, 7) is 4.46. The molecule has 0 saturated carbocycles. The van der Waals surface area contributed by atoms with Crippen LogP contribution in [0.3, 0.4) is 0 Å². The molecule has 0 spiro atoms. The summed E-state index contributed by atoms with van der Waals surface area (Å²) >= 11 is 5.91. The van der Waals surface area contributed by atoms with E-state index in [9.17, 15) is 18.3 Å². The second kappa shape index (κ2) is 5.48. The smallest absolute Gasteiger partial charge is 0.326 e. The lowest BCUT2D eigenvalue weighted by molar-refractivity contribution is -0.139. The first-order chi connectivity index (χ1) is 8.56. The lowest BCUT2D eigenvalue weighted by Gasteiger charge is -2.23. The maximum atomic E-state index is 12.0. The Morgan fingerprint density at radius 1 is 1.32 bits per heavy atom. The summed E-state index contributed by atoms with van der Waals surface area (Å²) in [5.41, 5.74) is 0.212. The van der Waals surface area contributed by atoms with Crippen molar-refractivity contribution in [2.75, 3.05) is 0 Å². The number of rotatable bonds is 4. The fourth-order valence-corrected chi connectivity index (χ4v) is 2.42. The molecule has 0 fully saturated rings. The topological polar surface area (TPSA) is 83.5 Å². The van der Waals surface area contributed by atoms with Crippen LogP contribution in [-0.4, -0.2) is 24.2 Å². The van der Waals surface area contributed by atoms with Crippen molar-refractivity contribution in [1.82, 2.24) is 4.72 Å². The molecule has 0 bridgehead atoms. The maximum Gasteiger partial charge on any atom is 0.326 e. The molecule has 1 atom stereocenters. The van der Waals surface area contributed by atoms with Crippen molar-refractivity contribution in [3.8, 4) is 0 Å². The second-order valence-corrected chi connectivity index (χ2v) is 7.90. The van der Waals surface area contributed by atoms with E-state index in [4.69, 9.17) is 11.6 Å². The molecule has 7 heteroatoms. The van der Waals surface area contributed by atoms with E-state index in [1.165, 1.54) is 32.9 Å². The van der Waals surface area contributed by atoms with Crippen molar-refractivity contribution < 1.29 is 18.3 Å². The lowest BCUT2D eigenvalue weighted by atomic mass is 10.1. The van der Waals surface area contributed by atoms with Gasteiger partial charge in [0.15, 0.2) is 0 Å². The van der Waals surface area contributed by atoms with Gasteiger partial charge >= 0.3 is 5.97 Å². The molecule has 106 valence electrons. The van der Waals surface area contributed by atoms with E-state index >= 15 is 0 Å². The number of carboxylic acid groups (broad SMARTS) is 1. The van der Waals surface area contributed by atoms with Crippen LogP contribution in [0.1, 0.15) is 32.4 Å². The third kappa shape index (κ3) is 3.68. The summed E-state index contributed by atoms with van der Waals surface area (Å²) in [5.74, 6) is -1.30. The maximum absolute atomic E-state index is 12.0. The molecular weight excluding hydrogens is 290 g/mol. The number of nitrogens with one attached hydrogen (secondary N) is 1. The summed E-state index contributed by atoms with van der Waals surface area (Å²) in [6.07, 6.45) is 0. The van der Waals surface area contributed by atoms with Gasteiger partial charge in [0.25, 0.3) is 0 Å². The molecule has 0 saturated heterocycles. The van der Waals surface area contributed by atoms with E-state index in [0.29, 0.717) is 0 Å². The Bertz CT molecular complexity index is 578. The van der Waals surface area contributed by atoms with Crippen LogP contribution in [0.5, 0.6) is 0 Å².